The molecular weight excluding hydrogens is 446 g/mol. The number of rotatable bonds is 16. The second kappa shape index (κ2) is 20.1. The molecule has 0 amide bonds. The van der Waals surface area contributed by atoms with Crippen LogP contribution >= 0.6 is 12.8 Å². The Kier molecular flexibility index (Phi) is 19.4. The van der Waals surface area contributed by atoms with E-state index in [1.54, 1.807) is 7.11 Å². The summed E-state index contributed by atoms with van der Waals surface area (Å²) in [5, 5.41) is 8.18. The minimum atomic E-state index is 0.167. The van der Waals surface area contributed by atoms with E-state index in [4.69, 9.17) is 14.9 Å². The maximum atomic E-state index is 10.9. The molecule has 0 radical (unpaired) electrons. The van der Waals surface area contributed by atoms with Gasteiger partial charge in [0.05, 0.1) is 26.7 Å². The molecule has 0 spiro atoms. The van der Waals surface area contributed by atoms with Gasteiger partial charge in [0, 0.05) is 31.4 Å². The van der Waals surface area contributed by atoms with Crippen LogP contribution in [0, 0.1) is 11.3 Å². The minimum Gasteiger partial charge on any atom is -0.477 e. The highest BCUT2D eigenvalue weighted by molar-refractivity contribution is 7.79. The van der Waals surface area contributed by atoms with Gasteiger partial charge in [-0.1, -0.05) is 72.3 Å². The predicted molar refractivity (Wildman–Crippen MR) is 148 cm³/mol. The van der Waals surface area contributed by atoms with Crippen LogP contribution in [0.15, 0.2) is 16.0 Å². The summed E-state index contributed by atoms with van der Waals surface area (Å²) < 4.78 is 15.4. The summed E-state index contributed by atoms with van der Waals surface area (Å²) in [7, 11) is 3.85. The monoisotopic (exact) mass is 498 g/mol. The molecule has 0 aliphatic carbocycles. The molecule has 0 bridgehead atoms. The molecule has 1 N–H and O–H groups in total. The summed E-state index contributed by atoms with van der Waals surface area (Å²) in [6.07, 6.45) is 13.1. The number of likely N-dealkylation sites (N-methyl/N-ethyl adjacent to an activating group) is 1. The van der Waals surface area contributed by atoms with Crippen molar-refractivity contribution in [2.45, 2.75) is 91.9 Å². The van der Waals surface area contributed by atoms with E-state index in [0.717, 1.165) is 55.4 Å². The van der Waals surface area contributed by atoms with Gasteiger partial charge in [-0.2, -0.15) is 0 Å². The van der Waals surface area contributed by atoms with Gasteiger partial charge in [-0.3, -0.25) is 10.2 Å². The maximum Gasteiger partial charge on any atom is 0.233 e. The van der Waals surface area contributed by atoms with Crippen molar-refractivity contribution in [1.82, 2.24) is 0 Å². The van der Waals surface area contributed by atoms with Gasteiger partial charge in [-0.25, -0.2) is 4.40 Å². The number of carbonyl (C=O) groups is 1. The lowest BCUT2D eigenvalue weighted by Gasteiger charge is -2.39. The Bertz CT molecular complexity index is 635. The number of nitrogens with zero attached hydrogens (tertiary/aromatic N) is 2. The molecule has 34 heavy (non-hydrogen) atoms. The number of nitrogens with one attached hydrogen (secondary N) is 1. The first-order chi connectivity index (χ1) is 16.2. The Morgan fingerprint density at radius 3 is 2.35 bits per heavy atom. The lowest BCUT2D eigenvalue weighted by molar-refractivity contribution is -0.908. The Balaban J connectivity index is 0.000000833. The standard InChI is InChI=1S/C18H33N3OS.C9H18O2/c1-5-6-7-8-12-22-18(19)17(20-23)16-10-9-11-21(4,14-16)13-15(2)3;1-3-4-5-6-7-9(10)8-11-2/h10,15,19H,5-9,11-14H2,1-4H3;3-8H2,1-2H3/p+1/b19-18?,20-17-;. The van der Waals surface area contributed by atoms with Crippen molar-refractivity contribution in [1.29, 1.82) is 5.41 Å². The molecule has 1 rings (SSSR count). The van der Waals surface area contributed by atoms with Crippen LogP contribution < -0.4 is 0 Å². The van der Waals surface area contributed by atoms with Gasteiger partial charge in [0.2, 0.25) is 5.90 Å². The number of unbranched alkanes of at least 4 members (excludes halogenated alkanes) is 6. The third kappa shape index (κ3) is 15.7. The van der Waals surface area contributed by atoms with Crippen molar-refractivity contribution in [3.8, 4) is 0 Å². The van der Waals surface area contributed by atoms with Gasteiger partial charge in [0.1, 0.15) is 18.9 Å². The topological polar surface area (TPSA) is 71.7 Å². The first-order valence-electron chi connectivity index (χ1n) is 13.2. The number of hydrogen-bond acceptors (Lipinski definition) is 6. The quantitative estimate of drug-likeness (QED) is 0.0844. The lowest BCUT2D eigenvalue weighted by atomic mass is 10.0. The number of hydrogen-bond donors (Lipinski definition) is 2. The Morgan fingerprint density at radius 2 is 1.79 bits per heavy atom. The van der Waals surface area contributed by atoms with E-state index >= 15 is 0 Å². The zero-order valence-corrected chi connectivity index (χ0v) is 23.7. The predicted octanol–water partition coefficient (Wildman–Crippen LogP) is 6.45. The van der Waals surface area contributed by atoms with Crippen LogP contribution in [0.1, 0.15) is 91.9 Å². The zero-order chi connectivity index (χ0) is 25.8. The van der Waals surface area contributed by atoms with E-state index in [1.165, 1.54) is 32.1 Å². The normalized spacial score (nSPS) is 18.2. The number of carbonyl (C=O) groups excluding carboxylic acids is 1. The lowest BCUT2D eigenvalue weighted by Crippen LogP contribution is -2.51. The summed E-state index contributed by atoms with van der Waals surface area (Å²) in [6.45, 7) is 12.9. The van der Waals surface area contributed by atoms with Crippen LogP contribution in [0.3, 0.4) is 0 Å². The van der Waals surface area contributed by atoms with E-state index in [-0.39, 0.29) is 18.3 Å². The fourth-order valence-corrected chi connectivity index (χ4v) is 4.54. The summed E-state index contributed by atoms with van der Waals surface area (Å²) in [5.74, 6) is 1.05. The van der Waals surface area contributed by atoms with Gasteiger partial charge < -0.3 is 14.0 Å². The van der Waals surface area contributed by atoms with Crippen molar-refractivity contribution in [2.75, 3.05) is 47.0 Å². The Labute approximate surface area is 215 Å². The number of Topliss-reactive ketones (excluding diaryl/α,β-unsaturated/α-hetero) is 1. The summed E-state index contributed by atoms with van der Waals surface area (Å²) in [6, 6.07) is 0. The first kappa shape index (κ1) is 32.8. The largest absolute Gasteiger partial charge is 0.477 e. The van der Waals surface area contributed by atoms with E-state index in [2.05, 4.69) is 58.0 Å². The molecule has 1 unspecified atom stereocenters. The SMILES string of the molecule is CCCCCCC(=O)COC.CCCCCCOC(=N)/C(=N\S)C1=CCC[N+](C)(CC(C)C)C1. The molecular formula is C27H52N3O3S+. The molecule has 1 aliphatic rings. The highest BCUT2D eigenvalue weighted by Crippen LogP contribution is 2.21. The molecule has 0 aromatic rings. The maximum absolute atomic E-state index is 10.9. The first-order valence-corrected chi connectivity index (χ1v) is 13.6. The average Bonchev–Trinajstić information content (AvgIpc) is 2.77. The number of quaternary nitrogens is 1. The summed E-state index contributed by atoms with van der Waals surface area (Å²) in [5.41, 5.74) is 1.71. The second-order valence-corrected chi connectivity index (χ2v) is 10.3. The number of thiol groups is 1. The highest BCUT2D eigenvalue weighted by Gasteiger charge is 2.30. The summed E-state index contributed by atoms with van der Waals surface area (Å²) >= 11 is 4.09. The average molecular weight is 499 g/mol. The van der Waals surface area contributed by atoms with Crippen molar-refractivity contribution in [3.63, 3.8) is 0 Å². The molecule has 0 saturated heterocycles. The van der Waals surface area contributed by atoms with E-state index in [9.17, 15) is 4.79 Å². The van der Waals surface area contributed by atoms with Gasteiger partial charge in [-0.15, -0.1) is 0 Å². The van der Waals surface area contributed by atoms with Crippen LogP contribution in [0.4, 0.5) is 0 Å². The fourth-order valence-electron chi connectivity index (χ4n) is 4.32. The van der Waals surface area contributed by atoms with Crippen LogP contribution in [0.25, 0.3) is 0 Å². The van der Waals surface area contributed by atoms with Crippen molar-refractivity contribution < 1.29 is 18.8 Å². The third-order valence-electron chi connectivity index (χ3n) is 5.90. The highest BCUT2D eigenvalue weighted by atomic mass is 32.1. The van der Waals surface area contributed by atoms with Gasteiger partial charge >= 0.3 is 0 Å². The molecule has 1 atom stereocenters. The van der Waals surface area contributed by atoms with Crippen molar-refractivity contribution in [2.24, 2.45) is 10.3 Å². The smallest absolute Gasteiger partial charge is 0.233 e. The number of ketones is 1. The molecule has 1 aliphatic heterocycles. The Morgan fingerprint density at radius 1 is 1.15 bits per heavy atom. The second-order valence-electron chi connectivity index (χ2n) is 10.1. The molecule has 0 fully saturated rings. The van der Waals surface area contributed by atoms with Crippen molar-refractivity contribution in [3.05, 3.63) is 11.6 Å². The van der Waals surface area contributed by atoms with Gasteiger partial charge in [0.15, 0.2) is 5.78 Å². The van der Waals surface area contributed by atoms with Gasteiger partial charge in [-0.05, 0) is 25.7 Å². The van der Waals surface area contributed by atoms with E-state index in [1.807, 2.05) is 0 Å². The van der Waals surface area contributed by atoms with Crippen LogP contribution in [0.2, 0.25) is 0 Å². The van der Waals surface area contributed by atoms with E-state index in [0.29, 0.717) is 24.7 Å². The molecule has 7 heteroatoms. The number of methoxy groups -OCH3 is 1. The molecule has 198 valence electrons. The fraction of sp³-hybridized carbons (Fsp3) is 0.815. The van der Waals surface area contributed by atoms with Crippen LogP contribution in [0.5, 0.6) is 0 Å². The van der Waals surface area contributed by atoms with Gasteiger partial charge in [0.25, 0.3) is 0 Å². The minimum absolute atomic E-state index is 0.167. The molecule has 6 nitrogen and oxygen atoms in total. The summed E-state index contributed by atoms with van der Waals surface area (Å²) in [4.78, 5) is 10.9. The number of ether oxygens (including phenoxy) is 2. The molecule has 0 saturated carbocycles. The van der Waals surface area contributed by atoms with Crippen molar-refractivity contribution >= 4 is 30.2 Å². The molecule has 0 aromatic heterocycles. The molecule has 0 aromatic carbocycles. The zero-order valence-electron chi connectivity index (χ0n) is 22.8. The molecule has 1 heterocycles. The van der Waals surface area contributed by atoms with Crippen LogP contribution in [-0.2, 0) is 14.3 Å². The van der Waals surface area contributed by atoms with Crippen LogP contribution in [-0.4, -0.2) is 68.9 Å². The Hall–Kier alpha value is -1.18. The van der Waals surface area contributed by atoms with E-state index < -0.39 is 0 Å². The third-order valence-corrected chi connectivity index (χ3v) is 6.10.